The predicted octanol–water partition coefficient (Wildman–Crippen LogP) is 3.36. The number of rotatable bonds is 6. The smallest absolute Gasteiger partial charge is 0.211 e. The number of nitrogens with one attached hydrogen (secondary N) is 1. The maximum absolute atomic E-state index is 12.1. The fraction of sp³-hybridized carbons (Fsp3) is 0.375. The highest BCUT2D eigenvalue weighted by atomic mass is 32.2. The van der Waals surface area contributed by atoms with Gasteiger partial charge < -0.3 is 0 Å². The summed E-state index contributed by atoms with van der Waals surface area (Å²) >= 11 is 0. The predicted molar refractivity (Wildman–Crippen MR) is 82.2 cm³/mol. The Balaban J connectivity index is 1.97. The number of hydrogen-bond acceptors (Lipinski definition) is 2. The van der Waals surface area contributed by atoms with E-state index in [0.29, 0.717) is 17.4 Å². The van der Waals surface area contributed by atoms with Crippen LogP contribution in [0.5, 0.6) is 0 Å². The molecule has 0 heterocycles. The molecule has 0 bridgehead atoms. The van der Waals surface area contributed by atoms with Gasteiger partial charge in [0.25, 0.3) is 0 Å². The van der Waals surface area contributed by atoms with Crippen molar-refractivity contribution in [3.8, 4) is 0 Å². The molecular weight excluding hydrogens is 270 g/mol. The van der Waals surface area contributed by atoms with Gasteiger partial charge in [-0.15, -0.1) is 0 Å². The summed E-state index contributed by atoms with van der Waals surface area (Å²) < 4.78 is 26.9. The highest BCUT2D eigenvalue weighted by Crippen LogP contribution is 2.17. The molecule has 108 valence electrons. The monoisotopic (exact) mass is 291 g/mol. The van der Waals surface area contributed by atoms with E-state index in [2.05, 4.69) is 30.7 Å². The van der Waals surface area contributed by atoms with E-state index in [9.17, 15) is 8.42 Å². The molecule has 2 rings (SSSR count). The summed E-state index contributed by atoms with van der Waals surface area (Å²) in [6.07, 6.45) is 7.94. The highest BCUT2D eigenvalue weighted by Gasteiger charge is 2.13. The Morgan fingerprint density at radius 1 is 1.20 bits per heavy atom. The minimum absolute atomic E-state index is 0.331. The van der Waals surface area contributed by atoms with E-state index in [1.165, 1.54) is 5.57 Å². The number of hydrogen-bond donors (Lipinski definition) is 1. The van der Waals surface area contributed by atoms with E-state index in [-0.39, 0.29) is 0 Å². The highest BCUT2D eigenvalue weighted by molar-refractivity contribution is 7.89. The molecule has 0 radical (unpaired) electrons. The van der Waals surface area contributed by atoms with Crippen molar-refractivity contribution >= 4 is 10.0 Å². The van der Waals surface area contributed by atoms with E-state index in [1.807, 2.05) is 18.2 Å². The van der Waals surface area contributed by atoms with Crippen LogP contribution in [0, 0.1) is 0 Å². The standard InChI is InChI=1S/C16H21NO2S/c1-13(2)15-7-9-16(10-8-15)20(18,19)17-12-11-14-5-3-4-6-14/h3,5-10,13,17H,4,11-12H2,1-2H3. The van der Waals surface area contributed by atoms with Gasteiger partial charge in [-0.05, 0) is 36.5 Å². The first-order valence-electron chi connectivity index (χ1n) is 6.94. The summed E-state index contributed by atoms with van der Waals surface area (Å²) in [5, 5.41) is 0. The third-order valence-electron chi connectivity index (χ3n) is 3.41. The third-order valence-corrected chi connectivity index (χ3v) is 4.89. The van der Waals surface area contributed by atoms with Gasteiger partial charge in [-0.2, -0.15) is 0 Å². The van der Waals surface area contributed by atoms with Crippen molar-refractivity contribution in [2.24, 2.45) is 0 Å². The summed E-state index contributed by atoms with van der Waals surface area (Å²) in [5.74, 6) is 0.404. The Morgan fingerprint density at radius 3 is 2.45 bits per heavy atom. The second kappa shape index (κ2) is 6.37. The normalized spacial score (nSPS) is 14.8. The molecular formula is C16H21NO2S. The van der Waals surface area contributed by atoms with E-state index in [4.69, 9.17) is 0 Å². The first-order chi connectivity index (χ1) is 9.49. The maximum atomic E-state index is 12.1. The summed E-state index contributed by atoms with van der Waals surface area (Å²) in [5.41, 5.74) is 2.34. The zero-order chi connectivity index (χ0) is 14.6. The first kappa shape index (κ1) is 15.0. The molecule has 3 nitrogen and oxygen atoms in total. The van der Waals surface area contributed by atoms with E-state index in [0.717, 1.165) is 18.4 Å². The number of sulfonamides is 1. The van der Waals surface area contributed by atoms with Crippen molar-refractivity contribution < 1.29 is 8.42 Å². The lowest BCUT2D eigenvalue weighted by Crippen LogP contribution is -2.25. The Hall–Kier alpha value is -1.39. The van der Waals surface area contributed by atoms with Crippen LogP contribution in [0.1, 0.15) is 38.2 Å². The van der Waals surface area contributed by atoms with Gasteiger partial charge in [-0.1, -0.05) is 49.8 Å². The van der Waals surface area contributed by atoms with E-state index in [1.54, 1.807) is 12.1 Å². The van der Waals surface area contributed by atoms with Crippen molar-refractivity contribution in [3.63, 3.8) is 0 Å². The molecule has 4 heteroatoms. The van der Waals surface area contributed by atoms with Gasteiger partial charge in [-0.25, -0.2) is 13.1 Å². The number of allylic oxidation sites excluding steroid dienone is 3. The summed E-state index contributed by atoms with van der Waals surface area (Å²) in [7, 11) is -3.40. The lowest BCUT2D eigenvalue weighted by molar-refractivity contribution is 0.581. The fourth-order valence-electron chi connectivity index (χ4n) is 2.14. The van der Waals surface area contributed by atoms with Crippen molar-refractivity contribution in [3.05, 3.63) is 53.6 Å². The lowest BCUT2D eigenvalue weighted by atomic mass is 10.0. The van der Waals surface area contributed by atoms with Gasteiger partial charge in [0.15, 0.2) is 0 Å². The molecule has 1 N–H and O–H groups in total. The maximum Gasteiger partial charge on any atom is 0.240 e. The quantitative estimate of drug-likeness (QED) is 0.873. The van der Waals surface area contributed by atoms with Crippen molar-refractivity contribution in [2.45, 2.75) is 37.5 Å². The fourth-order valence-corrected chi connectivity index (χ4v) is 3.17. The summed E-state index contributed by atoms with van der Waals surface area (Å²) in [6.45, 7) is 4.61. The number of benzene rings is 1. The van der Waals surface area contributed by atoms with Crippen molar-refractivity contribution in [1.29, 1.82) is 0 Å². The van der Waals surface area contributed by atoms with Crippen LogP contribution in [0.2, 0.25) is 0 Å². The molecule has 20 heavy (non-hydrogen) atoms. The molecule has 0 saturated carbocycles. The third kappa shape index (κ3) is 3.81. The van der Waals surface area contributed by atoms with Gasteiger partial charge in [-0.3, -0.25) is 0 Å². The van der Waals surface area contributed by atoms with Crippen LogP contribution in [-0.2, 0) is 10.0 Å². The molecule has 1 aromatic rings. The molecule has 1 aromatic carbocycles. The average molecular weight is 291 g/mol. The van der Waals surface area contributed by atoms with E-state index < -0.39 is 10.0 Å². The second-order valence-corrected chi connectivity index (χ2v) is 7.06. The molecule has 0 unspecified atom stereocenters. The Bertz CT molecular complexity index is 610. The van der Waals surface area contributed by atoms with Gasteiger partial charge in [0.2, 0.25) is 10.0 Å². The van der Waals surface area contributed by atoms with E-state index >= 15 is 0 Å². The van der Waals surface area contributed by atoms with Gasteiger partial charge >= 0.3 is 0 Å². The Morgan fingerprint density at radius 2 is 1.90 bits per heavy atom. The molecule has 0 fully saturated rings. The topological polar surface area (TPSA) is 46.2 Å². The van der Waals surface area contributed by atoms with Crippen molar-refractivity contribution in [2.75, 3.05) is 6.54 Å². The lowest BCUT2D eigenvalue weighted by Gasteiger charge is -2.09. The molecule has 0 atom stereocenters. The van der Waals surface area contributed by atoms with Gasteiger partial charge in [0.05, 0.1) is 4.90 Å². The Kier molecular flexibility index (Phi) is 4.78. The molecule has 0 aliphatic heterocycles. The van der Waals surface area contributed by atoms with Crippen LogP contribution in [0.25, 0.3) is 0 Å². The zero-order valence-corrected chi connectivity index (χ0v) is 12.8. The summed E-state index contributed by atoms with van der Waals surface area (Å²) in [6, 6.07) is 7.10. The van der Waals surface area contributed by atoms with Crippen LogP contribution in [0.4, 0.5) is 0 Å². The van der Waals surface area contributed by atoms with Gasteiger partial charge in [0.1, 0.15) is 0 Å². The second-order valence-electron chi connectivity index (χ2n) is 5.29. The molecule has 0 amide bonds. The SMILES string of the molecule is CC(C)c1ccc(S(=O)(=O)NCCC2=CCC=C2)cc1. The largest absolute Gasteiger partial charge is 0.240 e. The molecule has 0 saturated heterocycles. The first-order valence-corrected chi connectivity index (χ1v) is 8.42. The Labute approximate surface area is 121 Å². The average Bonchev–Trinajstić information content (AvgIpc) is 2.92. The minimum Gasteiger partial charge on any atom is -0.211 e. The molecule has 1 aliphatic rings. The van der Waals surface area contributed by atoms with Crippen molar-refractivity contribution in [1.82, 2.24) is 4.72 Å². The van der Waals surface area contributed by atoms with Crippen LogP contribution in [-0.4, -0.2) is 15.0 Å². The van der Waals surface area contributed by atoms with Crippen LogP contribution in [0.3, 0.4) is 0 Å². The van der Waals surface area contributed by atoms with Crippen LogP contribution in [0.15, 0.2) is 53.0 Å². The van der Waals surface area contributed by atoms with Crippen LogP contribution >= 0.6 is 0 Å². The molecule has 1 aliphatic carbocycles. The summed E-state index contributed by atoms with van der Waals surface area (Å²) in [4.78, 5) is 0.331. The zero-order valence-electron chi connectivity index (χ0n) is 12.0. The molecule has 0 aromatic heterocycles. The minimum atomic E-state index is -3.40. The van der Waals surface area contributed by atoms with Gasteiger partial charge in [0, 0.05) is 6.54 Å². The van der Waals surface area contributed by atoms with Crippen LogP contribution < -0.4 is 4.72 Å². The molecule has 0 spiro atoms.